The summed E-state index contributed by atoms with van der Waals surface area (Å²) in [5, 5.41) is 9.18. The minimum Gasteiger partial charge on any atom is -0.367 e. The molecule has 11 heteroatoms. The van der Waals surface area contributed by atoms with Crippen molar-refractivity contribution in [3.63, 3.8) is 0 Å². The second-order valence-corrected chi connectivity index (χ2v) is 9.52. The quantitative estimate of drug-likeness (QED) is 0.325. The zero-order chi connectivity index (χ0) is 21.1. The van der Waals surface area contributed by atoms with Gasteiger partial charge in [0.15, 0.2) is 17.7 Å². The van der Waals surface area contributed by atoms with Gasteiger partial charge in [-0.25, -0.2) is 4.68 Å². The molecule has 2 fully saturated rings. The highest BCUT2D eigenvalue weighted by molar-refractivity contribution is 7.98. The zero-order valence-electron chi connectivity index (χ0n) is 17.3. The lowest BCUT2D eigenvalue weighted by molar-refractivity contribution is -0.169. The molecule has 3 heterocycles. The first-order valence-corrected chi connectivity index (χ1v) is 12.6. The summed E-state index contributed by atoms with van der Waals surface area (Å²) in [6.45, 7) is 2.40. The van der Waals surface area contributed by atoms with E-state index in [4.69, 9.17) is 25.6 Å². The third-order valence-electron chi connectivity index (χ3n) is 5.71. The Kier molecular flexibility index (Phi) is 7.38. The van der Waals surface area contributed by atoms with E-state index in [2.05, 4.69) is 29.9 Å². The van der Waals surface area contributed by atoms with Crippen LogP contribution in [0.5, 0.6) is 0 Å². The minimum absolute atomic E-state index is 0.0241. The monoisotopic (exact) mass is 473 g/mol. The molecule has 1 N–H and O–H groups in total. The van der Waals surface area contributed by atoms with Crippen LogP contribution in [0.1, 0.15) is 51.7 Å². The SMILES string of the molecule is CSCC(C)(OP)OCC1CCC(n2ncc3c(NC4CCCC4)nc(Cl)nc32)O1. The van der Waals surface area contributed by atoms with Gasteiger partial charge in [-0.05, 0) is 50.5 Å². The van der Waals surface area contributed by atoms with Crippen LogP contribution in [0, 0.1) is 0 Å². The lowest BCUT2D eigenvalue weighted by Crippen LogP contribution is -2.35. The summed E-state index contributed by atoms with van der Waals surface area (Å²) in [6.07, 6.45) is 10.1. The minimum atomic E-state index is -0.647. The largest absolute Gasteiger partial charge is 0.367 e. The number of thioether (sulfide) groups is 1. The molecule has 1 saturated carbocycles. The molecule has 8 nitrogen and oxygen atoms in total. The molecule has 0 aromatic carbocycles. The molecular weight excluding hydrogens is 445 g/mol. The lowest BCUT2D eigenvalue weighted by atomic mass is 10.2. The van der Waals surface area contributed by atoms with Crippen molar-refractivity contribution >= 4 is 49.7 Å². The Morgan fingerprint density at radius 2 is 2.13 bits per heavy atom. The summed E-state index contributed by atoms with van der Waals surface area (Å²) >= 11 is 7.92. The number of nitrogens with one attached hydrogen (secondary N) is 1. The van der Waals surface area contributed by atoms with Gasteiger partial charge in [0.05, 0.1) is 24.3 Å². The molecule has 1 aliphatic heterocycles. The predicted octanol–water partition coefficient (Wildman–Crippen LogP) is 4.41. The Morgan fingerprint density at radius 1 is 1.33 bits per heavy atom. The Hall–Kier alpha value is -0.700. The average Bonchev–Trinajstić information content (AvgIpc) is 3.47. The molecule has 1 aliphatic carbocycles. The van der Waals surface area contributed by atoms with Crippen LogP contribution in [-0.4, -0.2) is 56.3 Å². The maximum atomic E-state index is 6.24. The van der Waals surface area contributed by atoms with Crippen LogP contribution >= 0.6 is 32.8 Å². The highest BCUT2D eigenvalue weighted by Gasteiger charge is 2.32. The van der Waals surface area contributed by atoms with Crippen molar-refractivity contribution in [3.8, 4) is 0 Å². The number of aromatic nitrogens is 4. The summed E-state index contributed by atoms with van der Waals surface area (Å²) in [4.78, 5) is 8.86. The number of hydrogen-bond donors (Lipinski definition) is 1. The van der Waals surface area contributed by atoms with Gasteiger partial charge in [-0.2, -0.15) is 26.8 Å². The van der Waals surface area contributed by atoms with Gasteiger partial charge in [-0.1, -0.05) is 12.8 Å². The van der Waals surface area contributed by atoms with Crippen molar-refractivity contribution in [2.45, 2.75) is 69.6 Å². The average molecular weight is 474 g/mol. The second-order valence-electron chi connectivity index (χ2n) is 8.08. The summed E-state index contributed by atoms with van der Waals surface area (Å²) < 4.78 is 19.5. The first-order valence-electron chi connectivity index (χ1n) is 10.3. The Morgan fingerprint density at radius 3 is 2.87 bits per heavy atom. The first-order chi connectivity index (χ1) is 14.5. The van der Waals surface area contributed by atoms with Gasteiger partial charge < -0.3 is 19.3 Å². The van der Waals surface area contributed by atoms with E-state index in [1.54, 1.807) is 18.0 Å². The highest BCUT2D eigenvalue weighted by Crippen LogP contribution is 2.34. The molecule has 2 aromatic heterocycles. The van der Waals surface area contributed by atoms with Crippen LogP contribution in [0.3, 0.4) is 0 Å². The van der Waals surface area contributed by atoms with E-state index in [1.165, 1.54) is 12.8 Å². The third kappa shape index (κ3) is 5.03. The van der Waals surface area contributed by atoms with Gasteiger partial charge in [0.2, 0.25) is 5.28 Å². The second kappa shape index (κ2) is 9.84. The lowest BCUT2D eigenvalue weighted by Gasteiger charge is -2.28. The molecule has 0 bridgehead atoms. The van der Waals surface area contributed by atoms with Crippen molar-refractivity contribution in [3.05, 3.63) is 11.5 Å². The van der Waals surface area contributed by atoms with Gasteiger partial charge in [-0.3, -0.25) is 0 Å². The van der Waals surface area contributed by atoms with E-state index >= 15 is 0 Å². The number of halogens is 1. The van der Waals surface area contributed by atoms with E-state index in [0.717, 1.165) is 42.6 Å². The molecule has 166 valence electrons. The Bertz CT molecular complexity index is 868. The number of nitrogens with zero attached hydrogens (tertiary/aromatic N) is 4. The summed E-state index contributed by atoms with van der Waals surface area (Å²) in [5.74, 6) is 0.847. The summed E-state index contributed by atoms with van der Waals surface area (Å²) in [5.41, 5.74) is 0.697. The molecule has 4 rings (SSSR count). The zero-order valence-corrected chi connectivity index (χ0v) is 20.1. The van der Waals surface area contributed by atoms with Gasteiger partial charge in [0.1, 0.15) is 5.82 Å². The third-order valence-corrected chi connectivity index (χ3v) is 7.19. The van der Waals surface area contributed by atoms with Crippen LogP contribution in [0.15, 0.2) is 6.20 Å². The van der Waals surface area contributed by atoms with Crippen molar-refractivity contribution in [1.29, 1.82) is 0 Å². The molecule has 2 aliphatic rings. The fourth-order valence-corrected chi connectivity index (χ4v) is 5.23. The standard InChI is InChI=1S/C19H29ClN5O3PS/c1-19(28-29,11-30-2)26-10-13-7-8-15(27-13)25-17-14(9-21-25)16(23-18(20)24-17)22-12-5-3-4-6-12/h9,12-13,15H,3-8,10-11,29H2,1-2H3,(H,22,23,24). The van der Waals surface area contributed by atoms with Crippen LogP contribution in [0.4, 0.5) is 5.82 Å². The predicted molar refractivity (Wildman–Crippen MR) is 123 cm³/mol. The van der Waals surface area contributed by atoms with Crippen molar-refractivity contribution in [2.75, 3.05) is 23.9 Å². The number of anilines is 1. The molecule has 4 unspecified atom stereocenters. The van der Waals surface area contributed by atoms with E-state index in [0.29, 0.717) is 18.3 Å². The maximum Gasteiger partial charge on any atom is 0.226 e. The fraction of sp³-hybridized carbons (Fsp3) is 0.737. The topological polar surface area (TPSA) is 83.3 Å². The van der Waals surface area contributed by atoms with Crippen molar-refractivity contribution in [1.82, 2.24) is 19.7 Å². The summed E-state index contributed by atoms with van der Waals surface area (Å²) in [6, 6.07) is 0.432. The van der Waals surface area contributed by atoms with Gasteiger partial charge >= 0.3 is 0 Å². The number of fused-ring (bicyclic) bond motifs is 1. The van der Waals surface area contributed by atoms with E-state index < -0.39 is 5.79 Å². The van der Waals surface area contributed by atoms with Crippen LogP contribution in [-0.2, 0) is 14.0 Å². The van der Waals surface area contributed by atoms with Crippen molar-refractivity contribution in [2.24, 2.45) is 0 Å². The van der Waals surface area contributed by atoms with Gasteiger partial charge in [0.25, 0.3) is 0 Å². The van der Waals surface area contributed by atoms with Gasteiger partial charge in [0, 0.05) is 21.3 Å². The molecule has 1 saturated heterocycles. The van der Waals surface area contributed by atoms with Crippen LogP contribution < -0.4 is 5.32 Å². The Labute approximate surface area is 188 Å². The first kappa shape index (κ1) is 22.5. The highest BCUT2D eigenvalue weighted by atomic mass is 35.5. The molecule has 0 radical (unpaired) electrons. The molecule has 2 aromatic rings. The van der Waals surface area contributed by atoms with Crippen LogP contribution in [0.2, 0.25) is 5.28 Å². The molecular formula is C19H29ClN5O3PS. The van der Waals surface area contributed by atoms with E-state index in [-0.39, 0.29) is 17.6 Å². The number of rotatable bonds is 9. The fourth-order valence-electron chi connectivity index (χ4n) is 4.11. The van der Waals surface area contributed by atoms with Crippen LogP contribution in [0.25, 0.3) is 11.0 Å². The maximum absolute atomic E-state index is 6.24. The molecule has 30 heavy (non-hydrogen) atoms. The molecule has 4 atom stereocenters. The normalized spacial score (nSPS) is 24.5. The number of ether oxygens (including phenoxy) is 2. The number of hydrogen-bond acceptors (Lipinski definition) is 8. The van der Waals surface area contributed by atoms with E-state index in [1.807, 2.05) is 17.9 Å². The Balaban J connectivity index is 1.45. The molecule has 0 spiro atoms. The van der Waals surface area contributed by atoms with Crippen molar-refractivity contribution < 1.29 is 14.0 Å². The van der Waals surface area contributed by atoms with Gasteiger partial charge in [-0.15, -0.1) is 0 Å². The molecule has 0 amide bonds. The van der Waals surface area contributed by atoms with E-state index in [9.17, 15) is 0 Å². The smallest absolute Gasteiger partial charge is 0.226 e. The summed E-state index contributed by atoms with van der Waals surface area (Å²) in [7, 11) is 2.29.